The second kappa shape index (κ2) is 10.9. The smallest absolute Gasteiger partial charge is 0.276 e. The minimum Gasteiger partial charge on any atom is -0.447 e. The first-order valence-corrected chi connectivity index (χ1v) is 10.3. The maximum absolute atomic E-state index is 12.5. The molecule has 1 atom stereocenters. The molecular formula is C20H36N4O4. The fraction of sp³-hybridized carbons (Fsp3) is 0.800. The van der Waals surface area contributed by atoms with E-state index < -0.39 is 6.10 Å². The van der Waals surface area contributed by atoms with Crippen molar-refractivity contribution in [2.75, 3.05) is 45.9 Å². The first-order chi connectivity index (χ1) is 13.3. The maximum atomic E-state index is 12.5. The number of ether oxygens (including phenoxy) is 1. The largest absolute Gasteiger partial charge is 0.447 e. The van der Waals surface area contributed by atoms with Gasteiger partial charge in [0.25, 0.3) is 5.91 Å². The van der Waals surface area contributed by atoms with Gasteiger partial charge < -0.3 is 19.2 Å². The maximum Gasteiger partial charge on any atom is 0.276 e. The molecule has 28 heavy (non-hydrogen) atoms. The van der Waals surface area contributed by atoms with Crippen LogP contribution in [0, 0.1) is 0 Å². The van der Waals surface area contributed by atoms with E-state index in [4.69, 9.17) is 9.15 Å². The molecule has 0 aliphatic carbocycles. The number of hydrogen-bond donors (Lipinski definition) is 1. The number of hydrogen-bond acceptors (Lipinski definition) is 7. The van der Waals surface area contributed by atoms with E-state index in [0.29, 0.717) is 37.8 Å². The van der Waals surface area contributed by atoms with Crippen LogP contribution in [0.25, 0.3) is 0 Å². The average molecular weight is 397 g/mol. The molecule has 0 aromatic carbocycles. The number of aliphatic hydroxyl groups is 1. The van der Waals surface area contributed by atoms with Gasteiger partial charge >= 0.3 is 0 Å². The molecule has 1 aromatic heterocycles. The van der Waals surface area contributed by atoms with Gasteiger partial charge in [0.15, 0.2) is 5.69 Å². The van der Waals surface area contributed by atoms with E-state index in [1.165, 1.54) is 6.26 Å². The van der Waals surface area contributed by atoms with Crippen LogP contribution in [0.4, 0.5) is 0 Å². The molecule has 1 aromatic rings. The molecule has 1 saturated heterocycles. The van der Waals surface area contributed by atoms with Crippen molar-refractivity contribution in [3.05, 3.63) is 17.8 Å². The molecule has 0 spiro atoms. The number of aromatic nitrogens is 1. The lowest BCUT2D eigenvalue weighted by Gasteiger charge is -2.35. The number of carbonyl (C=O) groups excluding carboxylic acids is 1. The summed E-state index contributed by atoms with van der Waals surface area (Å²) in [4.78, 5) is 23.2. The number of rotatable bonds is 10. The molecule has 1 unspecified atom stereocenters. The first-order valence-electron chi connectivity index (χ1n) is 10.3. The standard InChI is InChI=1S/C20H36N4O4/c1-6-24(15(2)3)20(26)18-14-28-19(21-18)12-23-9-7-22(8-10-23)11-17(25)13-27-16(4)5/h14-17,25H,6-13H2,1-5H3. The molecule has 8 heteroatoms. The Morgan fingerprint density at radius 2 is 1.89 bits per heavy atom. The zero-order chi connectivity index (χ0) is 20.7. The normalized spacial score (nSPS) is 17.4. The molecule has 0 radical (unpaired) electrons. The monoisotopic (exact) mass is 396 g/mol. The van der Waals surface area contributed by atoms with Gasteiger partial charge in [-0.15, -0.1) is 0 Å². The summed E-state index contributed by atoms with van der Waals surface area (Å²) in [5.74, 6) is 0.483. The lowest BCUT2D eigenvalue weighted by molar-refractivity contribution is -0.0151. The van der Waals surface area contributed by atoms with Gasteiger partial charge in [0.2, 0.25) is 5.89 Å². The van der Waals surface area contributed by atoms with E-state index in [0.717, 1.165) is 26.2 Å². The van der Waals surface area contributed by atoms with Crippen molar-refractivity contribution in [3.8, 4) is 0 Å². The molecule has 8 nitrogen and oxygen atoms in total. The van der Waals surface area contributed by atoms with Crippen molar-refractivity contribution in [2.24, 2.45) is 0 Å². The van der Waals surface area contributed by atoms with Crippen LogP contribution in [0.2, 0.25) is 0 Å². The second-order valence-corrected chi connectivity index (χ2v) is 7.92. The van der Waals surface area contributed by atoms with E-state index in [-0.39, 0.29) is 18.1 Å². The topological polar surface area (TPSA) is 82.3 Å². The Morgan fingerprint density at radius 3 is 2.46 bits per heavy atom. The zero-order valence-corrected chi connectivity index (χ0v) is 17.9. The van der Waals surface area contributed by atoms with Crippen LogP contribution >= 0.6 is 0 Å². The van der Waals surface area contributed by atoms with E-state index >= 15 is 0 Å². The van der Waals surface area contributed by atoms with Gasteiger partial charge in [-0.3, -0.25) is 14.6 Å². The molecule has 1 aliphatic rings. The minimum atomic E-state index is -0.461. The van der Waals surface area contributed by atoms with Crippen LogP contribution in [0.1, 0.15) is 51.0 Å². The van der Waals surface area contributed by atoms with Gasteiger partial charge in [-0.05, 0) is 34.6 Å². The zero-order valence-electron chi connectivity index (χ0n) is 17.9. The quantitative estimate of drug-likeness (QED) is 0.641. The highest BCUT2D eigenvalue weighted by Crippen LogP contribution is 2.12. The number of aliphatic hydroxyl groups excluding tert-OH is 1. The summed E-state index contributed by atoms with van der Waals surface area (Å²) in [7, 11) is 0. The number of nitrogens with zero attached hydrogens (tertiary/aromatic N) is 4. The second-order valence-electron chi connectivity index (χ2n) is 7.92. The van der Waals surface area contributed by atoms with Gasteiger partial charge in [0, 0.05) is 45.3 Å². The third-order valence-corrected chi connectivity index (χ3v) is 4.91. The predicted molar refractivity (Wildman–Crippen MR) is 107 cm³/mol. The van der Waals surface area contributed by atoms with E-state index in [1.54, 1.807) is 4.90 Å². The highest BCUT2D eigenvalue weighted by atomic mass is 16.5. The Hall–Kier alpha value is -1.48. The fourth-order valence-corrected chi connectivity index (χ4v) is 3.35. The number of β-amino-alcohol motifs (C(OH)–C–C–N with tert-alkyl or cyclic N) is 1. The van der Waals surface area contributed by atoms with Crippen molar-refractivity contribution in [3.63, 3.8) is 0 Å². The molecule has 0 bridgehead atoms. The molecule has 2 rings (SSSR count). The number of piperazine rings is 1. The van der Waals surface area contributed by atoms with Gasteiger partial charge in [-0.25, -0.2) is 4.98 Å². The van der Waals surface area contributed by atoms with E-state index in [1.807, 2.05) is 34.6 Å². The van der Waals surface area contributed by atoms with Crippen molar-refractivity contribution in [1.82, 2.24) is 19.7 Å². The predicted octanol–water partition coefficient (Wildman–Crippen LogP) is 1.45. The molecule has 160 valence electrons. The first kappa shape index (κ1) is 22.8. The van der Waals surface area contributed by atoms with Crippen LogP contribution in [0.15, 0.2) is 10.7 Å². The fourth-order valence-electron chi connectivity index (χ4n) is 3.35. The summed E-state index contributed by atoms with van der Waals surface area (Å²) >= 11 is 0. The Kier molecular flexibility index (Phi) is 8.88. The number of oxazole rings is 1. The van der Waals surface area contributed by atoms with Crippen LogP contribution in [0.5, 0.6) is 0 Å². The Balaban J connectivity index is 1.77. The van der Waals surface area contributed by atoms with Gasteiger partial charge in [-0.1, -0.05) is 0 Å². The molecule has 0 saturated carbocycles. The summed E-state index contributed by atoms with van der Waals surface area (Å²) < 4.78 is 11.0. The van der Waals surface area contributed by atoms with Crippen LogP contribution < -0.4 is 0 Å². The van der Waals surface area contributed by atoms with Crippen molar-refractivity contribution in [1.29, 1.82) is 0 Å². The van der Waals surface area contributed by atoms with Gasteiger partial charge in [0.05, 0.1) is 25.4 Å². The highest BCUT2D eigenvalue weighted by molar-refractivity contribution is 5.92. The molecular weight excluding hydrogens is 360 g/mol. The van der Waals surface area contributed by atoms with Gasteiger partial charge in [-0.2, -0.15) is 0 Å². The third-order valence-electron chi connectivity index (χ3n) is 4.91. The Morgan fingerprint density at radius 1 is 1.25 bits per heavy atom. The average Bonchev–Trinajstić information content (AvgIpc) is 3.10. The van der Waals surface area contributed by atoms with Crippen LogP contribution in [0.3, 0.4) is 0 Å². The third kappa shape index (κ3) is 6.84. The summed E-state index contributed by atoms with van der Waals surface area (Å²) in [5.41, 5.74) is 0.373. The van der Waals surface area contributed by atoms with Crippen LogP contribution in [-0.4, -0.2) is 94.8 Å². The van der Waals surface area contributed by atoms with Gasteiger partial charge in [0.1, 0.15) is 6.26 Å². The molecule has 1 aliphatic heterocycles. The molecule has 1 N–H and O–H groups in total. The lowest BCUT2D eigenvalue weighted by atomic mass is 10.2. The Bertz CT molecular complexity index is 597. The van der Waals surface area contributed by atoms with E-state index in [2.05, 4.69) is 14.8 Å². The summed E-state index contributed by atoms with van der Waals surface area (Å²) in [6.45, 7) is 15.6. The van der Waals surface area contributed by atoms with Crippen molar-refractivity contribution < 1.29 is 19.1 Å². The lowest BCUT2D eigenvalue weighted by Crippen LogP contribution is -2.48. The van der Waals surface area contributed by atoms with Crippen molar-refractivity contribution in [2.45, 2.75) is 59.4 Å². The Labute approximate surface area is 168 Å². The number of amides is 1. The highest BCUT2D eigenvalue weighted by Gasteiger charge is 2.23. The number of carbonyl (C=O) groups is 1. The summed E-state index contributed by atoms with van der Waals surface area (Å²) in [6, 6.07) is 0.131. The van der Waals surface area contributed by atoms with Crippen LogP contribution in [-0.2, 0) is 11.3 Å². The van der Waals surface area contributed by atoms with Crippen molar-refractivity contribution >= 4 is 5.91 Å². The SMILES string of the molecule is CCN(C(=O)c1coc(CN2CCN(CC(O)COC(C)C)CC2)n1)C(C)C. The molecule has 1 amide bonds. The summed E-state index contributed by atoms with van der Waals surface area (Å²) in [5, 5.41) is 10.1. The molecule has 2 heterocycles. The molecule has 1 fully saturated rings. The summed E-state index contributed by atoms with van der Waals surface area (Å²) in [6.07, 6.45) is 1.13. The minimum absolute atomic E-state index is 0.0880. The van der Waals surface area contributed by atoms with E-state index in [9.17, 15) is 9.90 Å².